The molecule has 16 heavy (non-hydrogen) atoms. The Kier molecular flexibility index (Phi) is 2.63. The van der Waals surface area contributed by atoms with Gasteiger partial charge < -0.3 is 4.98 Å². The highest BCUT2D eigenvalue weighted by Crippen LogP contribution is 2.25. The number of rotatable bonds is 1. The molecule has 1 heteroatoms. The van der Waals surface area contributed by atoms with E-state index in [0.29, 0.717) is 0 Å². The lowest BCUT2D eigenvalue weighted by atomic mass is 9.93. The first kappa shape index (κ1) is 11.0. The number of aromatic amines is 1. The molecule has 0 bridgehead atoms. The maximum absolute atomic E-state index is 3.49. The Morgan fingerprint density at radius 1 is 0.875 bits per heavy atom. The molecule has 1 heterocycles. The van der Waals surface area contributed by atoms with Gasteiger partial charge in [-0.25, -0.2) is 0 Å². The number of aryl methyl sites for hydroxylation is 1. The van der Waals surface area contributed by atoms with Gasteiger partial charge in [0.2, 0.25) is 0 Å². The monoisotopic (exact) mass is 213 g/mol. The molecule has 2 aromatic rings. The summed E-state index contributed by atoms with van der Waals surface area (Å²) in [5, 5.41) is 0. The van der Waals surface area contributed by atoms with Crippen LogP contribution in [0.1, 0.15) is 32.0 Å². The van der Waals surface area contributed by atoms with Gasteiger partial charge >= 0.3 is 0 Å². The molecule has 1 aromatic carbocycles. The number of nitrogens with one attached hydrogen (secondary N) is 1. The Hall–Kier alpha value is -1.50. The molecule has 0 aliphatic rings. The minimum Gasteiger partial charge on any atom is -0.358 e. The fourth-order valence-electron chi connectivity index (χ4n) is 1.73. The minimum atomic E-state index is 0.183. The summed E-state index contributed by atoms with van der Waals surface area (Å²) in [4.78, 5) is 3.49. The van der Waals surface area contributed by atoms with Crippen molar-refractivity contribution in [3.63, 3.8) is 0 Å². The minimum absolute atomic E-state index is 0.183. The van der Waals surface area contributed by atoms with E-state index in [-0.39, 0.29) is 5.41 Å². The van der Waals surface area contributed by atoms with Crippen LogP contribution in [0.3, 0.4) is 0 Å². The predicted octanol–water partition coefficient (Wildman–Crippen LogP) is 4.29. The van der Waals surface area contributed by atoms with Gasteiger partial charge in [-0.1, -0.05) is 50.6 Å². The van der Waals surface area contributed by atoms with Crippen molar-refractivity contribution in [2.24, 2.45) is 0 Å². The second-order valence-electron chi connectivity index (χ2n) is 5.40. The van der Waals surface area contributed by atoms with E-state index in [1.165, 1.54) is 22.5 Å². The standard InChI is InChI=1S/C15H19N/c1-11-5-7-12(8-6-11)13-9-10-14(16-13)15(2,3)4/h5-10,16H,1-4H3. The van der Waals surface area contributed by atoms with Gasteiger partial charge in [0.05, 0.1) is 0 Å². The van der Waals surface area contributed by atoms with Crippen LogP contribution in [-0.4, -0.2) is 4.98 Å². The second-order valence-corrected chi connectivity index (χ2v) is 5.40. The largest absolute Gasteiger partial charge is 0.358 e. The van der Waals surface area contributed by atoms with Gasteiger partial charge in [0.15, 0.2) is 0 Å². The van der Waals surface area contributed by atoms with Gasteiger partial charge in [-0.2, -0.15) is 0 Å². The molecule has 0 aliphatic heterocycles. The third-order valence-corrected chi connectivity index (χ3v) is 2.86. The molecule has 0 fully saturated rings. The zero-order valence-electron chi connectivity index (χ0n) is 10.5. The quantitative estimate of drug-likeness (QED) is 0.727. The van der Waals surface area contributed by atoms with E-state index in [9.17, 15) is 0 Å². The molecule has 0 saturated carbocycles. The SMILES string of the molecule is Cc1ccc(-c2ccc(C(C)(C)C)[nH]2)cc1. The van der Waals surface area contributed by atoms with Crippen LogP contribution in [0.5, 0.6) is 0 Å². The van der Waals surface area contributed by atoms with Crippen LogP contribution >= 0.6 is 0 Å². The van der Waals surface area contributed by atoms with E-state index in [2.05, 4.69) is 69.1 Å². The molecule has 1 aromatic heterocycles. The van der Waals surface area contributed by atoms with E-state index in [1.807, 2.05) is 0 Å². The number of H-pyrrole nitrogens is 1. The molecule has 0 radical (unpaired) electrons. The Bertz CT molecular complexity index is 469. The van der Waals surface area contributed by atoms with Crippen molar-refractivity contribution in [2.45, 2.75) is 33.1 Å². The summed E-state index contributed by atoms with van der Waals surface area (Å²) in [6, 6.07) is 12.9. The summed E-state index contributed by atoms with van der Waals surface area (Å²) in [7, 11) is 0. The van der Waals surface area contributed by atoms with Crippen LogP contribution < -0.4 is 0 Å². The summed E-state index contributed by atoms with van der Waals surface area (Å²) < 4.78 is 0. The van der Waals surface area contributed by atoms with Gasteiger partial charge in [-0.15, -0.1) is 0 Å². The average molecular weight is 213 g/mol. The van der Waals surface area contributed by atoms with E-state index < -0.39 is 0 Å². The van der Waals surface area contributed by atoms with E-state index in [1.54, 1.807) is 0 Å². The molecule has 0 atom stereocenters. The smallest absolute Gasteiger partial charge is 0.0456 e. The molecule has 0 amide bonds. The van der Waals surface area contributed by atoms with Crippen molar-refractivity contribution in [3.8, 4) is 11.3 Å². The number of benzene rings is 1. The first-order valence-corrected chi connectivity index (χ1v) is 5.73. The molecule has 1 nitrogen and oxygen atoms in total. The second kappa shape index (κ2) is 3.82. The third kappa shape index (κ3) is 2.19. The first-order chi connectivity index (χ1) is 7.47. The zero-order valence-corrected chi connectivity index (χ0v) is 10.5. The predicted molar refractivity (Wildman–Crippen MR) is 69.7 cm³/mol. The van der Waals surface area contributed by atoms with Crippen LogP contribution in [-0.2, 0) is 5.41 Å². The lowest BCUT2D eigenvalue weighted by Gasteiger charge is -2.16. The summed E-state index contributed by atoms with van der Waals surface area (Å²) in [6.45, 7) is 8.77. The third-order valence-electron chi connectivity index (χ3n) is 2.86. The maximum Gasteiger partial charge on any atom is 0.0456 e. The highest BCUT2D eigenvalue weighted by atomic mass is 14.7. The average Bonchev–Trinajstić information content (AvgIpc) is 2.67. The molecule has 0 unspecified atom stereocenters. The zero-order chi connectivity index (χ0) is 11.8. The normalized spacial score (nSPS) is 11.8. The van der Waals surface area contributed by atoms with Crippen LogP contribution in [0.4, 0.5) is 0 Å². The maximum atomic E-state index is 3.49. The molecule has 0 saturated heterocycles. The van der Waals surface area contributed by atoms with Crippen molar-refractivity contribution in [1.82, 2.24) is 4.98 Å². The summed E-state index contributed by atoms with van der Waals surface area (Å²) >= 11 is 0. The van der Waals surface area contributed by atoms with Crippen LogP contribution in [0.15, 0.2) is 36.4 Å². The van der Waals surface area contributed by atoms with Crippen molar-refractivity contribution in [1.29, 1.82) is 0 Å². The van der Waals surface area contributed by atoms with Crippen molar-refractivity contribution in [2.75, 3.05) is 0 Å². The molecule has 2 rings (SSSR count). The number of aromatic nitrogens is 1. The summed E-state index contributed by atoms with van der Waals surface area (Å²) in [5.74, 6) is 0. The number of hydrogen-bond donors (Lipinski definition) is 1. The first-order valence-electron chi connectivity index (χ1n) is 5.73. The Balaban J connectivity index is 2.35. The van der Waals surface area contributed by atoms with Gasteiger partial charge in [0.1, 0.15) is 0 Å². The Labute approximate surface area is 97.5 Å². The molecule has 0 aliphatic carbocycles. The van der Waals surface area contributed by atoms with Gasteiger partial charge in [0, 0.05) is 16.8 Å². The molecular weight excluding hydrogens is 194 g/mol. The van der Waals surface area contributed by atoms with Gasteiger partial charge in [-0.3, -0.25) is 0 Å². The molecule has 0 spiro atoms. The molecule has 84 valence electrons. The van der Waals surface area contributed by atoms with Crippen LogP contribution in [0.2, 0.25) is 0 Å². The fraction of sp³-hybridized carbons (Fsp3) is 0.333. The lowest BCUT2D eigenvalue weighted by molar-refractivity contribution is 0.573. The van der Waals surface area contributed by atoms with Crippen LogP contribution in [0, 0.1) is 6.92 Å². The van der Waals surface area contributed by atoms with E-state index in [4.69, 9.17) is 0 Å². The fourth-order valence-corrected chi connectivity index (χ4v) is 1.73. The van der Waals surface area contributed by atoms with Crippen molar-refractivity contribution < 1.29 is 0 Å². The van der Waals surface area contributed by atoms with Crippen molar-refractivity contribution >= 4 is 0 Å². The van der Waals surface area contributed by atoms with E-state index in [0.717, 1.165) is 0 Å². The lowest BCUT2D eigenvalue weighted by Crippen LogP contribution is -2.11. The van der Waals surface area contributed by atoms with E-state index >= 15 is 0 Å². The topological polar surface area (TPSA) is 15.8 Å². The molecular formula is C15H19N. The highest BCUT2D eigenvalue weighted by Gasteiger charge is 2.15. The van der Waals surface area contributed by atoms with Gasteiger partial charge in [-0.05, 0) is 24.6 Å². The highest BCUT2D eigenvalue weighted by molar-refractivity contribution is 5.60. The van der Waals surface area contributed by atoms with Gasteiger partial charge in [0.25, 0.3) is 0 Å². The van der Waals surface area contributed by atoms with Crippen molar-refractivity contribution in [3.05, 3.63) is 47.7 Å². The number of hydrogen-bond acceptors (Lipinski definition) is 0. The summed E-state index contributed by atoms with van der Waals surface area (Å²) in [5.41, 5.74) is 5.21. The Morgan fingerprint density at radius 3 is 2.00 bits per heavy atom. The molecule has 1 N–H and O–H groups in total. The summed E-state index contributed by atoms with van der Waals surface area (Å²) in [6.07, 6.45) is 0. The van der Waals surface area contributed by atoms with Crippen LogP contribution in [0.25, 0.3) is 11.3 Å². The Morgan fingerprint density at radius 2 is 1.50 bits per heavy atom.